The van der Waals surface area contributed by atoms with Crippen LogP contribution in [0.3, 0.4) is 0 Å². The molecule has 0 fully saturated rings. The topological polar surface area (TPSA) is 86.6 Å². The van der Waals surface area contributed by atoms with Crippen LogP contribution < -0.4 is 5.32 Å². The van der Waals surface area contributed by atoms with E-state index in [1.807, 2.05) is 6.26 Å². The van der Waals surface area contributed by atoms with Crippen molar-refractivity contribution in [3.8, 4) is 0 Å². The van der Waals surface area contributed by atoms with Crippen LogP contribution in [0.25, 0.3) is 0 Å². The number of nitrogens with one attached hydrogen (secondary N) is 1. The number of thioether (sulfide) groups is 1. The first-order valence-electron chi connectivity index (χ1n) is 3.74. The first-order chi connectivity index (χ1) is 6.07. The van der Waals surface area contributed by atoms with Gasteiger partial charge in [-0.1, -0.05) is 0 Å². The number of aliphatic hydroxyl groups is 1. The highest BCUT2D eigenvalue weighted by atomic mass is 32.2. The van der Waals surface area contributed by atoms with E-state index in [4.69, 9.17) is 10.2 Å². The first-order valence-corrected chi connectivity index (χ1v) is 5.13. The van der Waals surface area contributed by atoms with Crippen LogP contribution >= 0.6 is 11.8 Å². The Balaban J connectivity index is 3.52. The van der Waals surface area contributed by atoms with Crippen LogP contribution in [-0.4, -0.2) is 46.7 Å². The SMILES string of the molecule is CSCCC(=O)NCC(O)C(=O)O. The van der Waals surface area contributed by atoms with Crippen molar-refractivity contribution in [3.05, 3.63) is 0 Å². The highest BCUT2D eigenvalue weighted by molar-refractivity contribution is 7.98. The summed E-state index contributed by atoms with van der Waals surface area (Å²) in [6.07, 6.45) is 0.700. The average molecular weight is 207 g/mol. The number of hydrogen-bond acceptors (Lipinski definition) is 4. The zero-order valence-electron chi connectivity index (χ0n) is 7.32. The number of hydrogen-bond donors (Lipinski definition) is 3. The number of aliphatic carboxylic acids is 1. The molecule has 76 valence electrons. The minimum atomic E-state index is -1.52. The fourth-order valence-electron chi connectivity index (χ4n) is 0.581. The van der Waals surface area contributed by atoms with Crippen LogP contribution in [-0.2, 0) is 9.59 Å². The third kappa shape index (κ3) is 6.41. The van der Waals surface area contributed by atoms with Gasteiger partial charge in [-0.15, -0.1) is 0 Å². The molecule has 0 aromatic heterocycles. The van der Waals surface area contributed by atoms with Crippen LogP contribution in [0.4, 0.5) is 0 Å². The van der Waals surface area contributed by atoms with Gasteiger partial charge < -0.3 is 15.5 Å². The van der Waals surface area contributed by atoms with Gasteiger partial charge in [0.1, 0.15) is 0 Å². The van der Waals surface area contributed by atoms with Crippen molar-refractivity contribution in [3.63, 3.8) is 0 Å². The molecule has 0 rings (SSSR count). The lowest BCUT2D eigenvalue weighted by Crippen LogP contribution is -2.36. The lowest BCUT2D eigenvalue weighted by atomic mass is 10.3. The van der Waals surface area contributed by atoms with Gasteiger partial charge in [-0.2, -0.15) is 11.8 Å². The van der Waals surface area contributed by atoms with Gasteiger partial charge in [0.15, 0.2) is 6.10 Å². The Kier molecular flexibility index (Phi) is 6.34. The highest BCUT2D eigenvalue weighted by Gasteiger charge is 2.13. The molecular formula is C7H13NO4S. The van der Waals surface area contributed by atoms with Gasteiger partial charge in [-0.25, -0.2) is 4.79 Å². The Morgan fingerprint density at radius 2 is 2.15 bits per heavy atom. The number of carbonyl (C=O) groups is 2. The van der Waals surface area contributed by atoms with Gasteiger partial charge in [-0.05, 0) is 6.26 Å². The summed E-state index contributed by atoms with van der Waals surface area (Å²) in [5, 5.41) is 19.4. The van der Waals surface area contributed by atoms with Gasteiger partial charge >= 0.3 is 5.97 Å². The molecule has 0 aromatic carbocycles. The van der Waals surface area contributed by atoms with Crippen LogP contribution in [0.2, 0.25) is 0 Å². The summed E-state index contributed by atoms with van der Waals surface area (Å²) in [7, 11) is 0. The number of aliphatic hydroxyl groups excluding tert-OH is 1. The van der Waals surface area contributed by atoms with E-state index in [-0.39, 0.29) is 12.5 Å². The second-order valence-electron chi connectivity index (χ2n) is 2.40. The van der Waals surface area contributed by atoms with Gasteiger partial charge in [0.05, 0.1) is 6.54 Å². The summed E-state index contributed by atoms with van der Waals surface area (Å²) in [6, 6.07) is 0. The normalized spacial score (nSPS) is 12.2. The van der Waals surface area contributed by atoms with E-state index in [2.05, 4.69) is 5.32 Å². The maximum atomic E-state index is 10.9. The van der Waals surface area contributed by atoms with Crippen molar-refractivity contribution in [2.75, 3.05) is 18.6 Å². The molecule has 3 N–H and O–H groups in total. The minimum absolute atomic E-state index is 0.234. The minimum Gasteiger partial charge on any atom is -0.479 e. The van der Waals surface area contributed by atoms with E-state index in [1.54, 1.807) is 0 Å². The van der Waals surface area contributed by atoms with Crippen molar-refractivity contribution >= 4 is 23.6 Å². The van der Waals surface area contributed by atoms with E-state index in [0.717, 1.165) is 0 Å². The third-order valence-corrected chi connectivity index (χ3v) is 1.92. The summed E-state index contributed by atoms with van der Waals surface area (Å²) >= 11 is 1.53. The van der Waals surface area contributed by atoms with E-state index >= 15 is 0 Å². The molecule has 0 aliphatic carbocycles. The molecular weight excluding hydrogens is 194 g/mol. The summed E-state index contributed by atoms with van der Waals surface area (Å²) in [5.41, 5.74) is 0. The number of carboxylic acids is 1. The quantitative estimate of drug-likeness (QED) is 0.536. The van der Waals surface area contributed by atoms with Gasteiger partial charge in [-0.3, -0.25) is 4.79 Å². The van der Waals surface area contributed by atoms with E-state index in [1.165, 1.54) is 11.8 Å². The van der Waals surface area contributed by atoms with Gasteiger partial charge in [0.2, 0.25) is 5.91 Å². The number of rotatable bonds is 6. The van der Waals surface area contributed by atoms with Crippen molar-refractivity contribution < 1.29 is 19.8 Å². The fourth-order valence-corrected chi connectivity index (χ4v) is 0.970. The molecule has 1 amide bonds. The molecule has 1 unspecified atom stereocenters. The third-order valence-electron chi connectivity index (χ3n) is 1.31. The molecule has 0 radical (unpaired) electrons. The number of carbonyl (C=O) groups excluding carboxylic acids is 1. The Morgan fingerprint density at radius 1 is 1.54 bits per heavy atom. The van der Waals surface area contributed by atoms with Crippen molar-refractivity contribution in [2.24, 2.45) is 0 Å². The fraction of sp³-hybridized carbons (Fsp3) is 0.714. The van der Waals surface area contributed by atoms with Crippen LogP contribution in [0.15, 0.2) is 0 Å². The summed E-state index contributed by atoms with van der Waals surface area (Å²) in [5.74, 6) is -0.880. The maximum absolute atomic E-state index is 10.9. The molecule has 0 aromatic rings. The number of carboxylic acid groups (broad SMARTS) is 1. The zero-order valence-corrected chi connectivity index (χ0v) is 8.13. The highest BCUT2D eigenvalue weighted by Crippen LogP contribution is 1.94. The van der Waals surface area contributed by atoms with E-state index in [0.29, 0.717) is 12.2 Å². The standard InChI is InChI=1S/C7H13NO4S/c1-13-3-2-6(10)8-4-5(9)7(11)12/h5,9H,2-4H2,1H3,(H,8,10)(H,11,12). The van der Waals surface area contributed by atoms with Crippen LogP contribution in [0.5, 0.6) is 0 Å². The smallest absolute Gasteiger partial charge is 0.334 e. The lowest BCUT2D eigenvalue weighted by molar-refractivity contribution is -0.146. The molecule has 0 spiro atoms. The molecule has 0 bridgehead atoms. The zero-order chi connectivity index (χ0) is 10.3. The van der Waals surface area contributed by atoms with Crippen molar-refractivity contribution in [1.29, 1.82) is 0 Å². The molecule has 0 aliphatic rings. The predicted octanol–water partition coefficient (Wildman–Crippen LogP) is -0.699. The summed E-state index contributed by atoms with van der Waals surface area (Å²) in [4.78, 5) is 21.0. The average Bonchev–Trinajstić information content (AvgIpc) is 2.10. The second kappa shape index (κ2) is 6.73. The Hall–Kier alpha value is -0.750. The maximum Gasteiger partial charge on any atom is 0.334 e. The molecule has 5 nitrogen and oxygen atoms in total. The lowest BCUT2D eigenvalue weighted by Gasteiger charge is -2.06. The van der Waals surface area contributed by atoms with Crippen molar-refractivity contribution in [2.45, 2.75) is 12.5 Å². The van der Waals surface area contributed by atoms with E-state index < -0.39 is 12.1 Å². The van der Waals surface area contributed by atoms with E-state index in [9.17, 15) is 9.59 Å². The van der Waals surface area contributed by atoms with Crippen LogP contribution in [0.1, 0.15) is 6.42 Å². The molecule has 0 aliphatic heterocycles. The Bertz CT molecular complexity index is 185. The van der Waals surface area contributed by atoms with Crippen LogP contribution in [0, 0.1) is 0 Å². The molecule has 1 atom stereocenters. The number of amides is 1. The molecule has 0 heterocycles. The van der Waals surface area contributed by atoms with Crippen molar-refractivity contribution in [1.82, 2.24) is 5.32 Å². The summed E-state index contributed by atoms with van der Waals surface area (Å²) in [6.45, 7) is -0.234. The molecule has 13 heavy (non-hydrogen) atoms. The first kappa shape index (κ1) is 12.2. The van der Waals surface area contributed by atoms with Gasteiger partial charge in [0.25, 0.3) is 0 Å². The molecule has 0 saturated carbocycles. The largest absolute Gasteiger partial charge is 0.479 e. The Morgan fingerprint density at radius 3 is 2.62 bits per heavy atom. The predicted molar refractivity (Wildman–Crippen MR) is 49.7 cm³/mol. The molecule has 0 saturated heterocycles. The monoisotopic (exact) mass is 207 g/mol. The summed E-state index contributed by atoms with van der Waals surface area (Å²) < 4.78 is 0. The second-order valence-corrected chi connectivity index (χ2v) is 3.39. The molecule has 6 heteroatoms. The Labute approximate surface area is 80.5 Å². The van der Waals surface area contributed by atoms with Gasteiger partial charge in [0, 0.05) is 12.2 Å².